The van der Waals surface area contributed by atoms with Gasteiger partial charge in [0, 0.05) is 17.2 Å². The van der Waals surface area contributed by atoms with Crippen LogP contribution in [0.25, 0.3) is 11.3 Å². The van der Waals surface area contributed by atoms with Gasteiger partial charge in [0.25, 0.3) is 0 Å². The summed E-state index contributed by atoms with van der Waals surface area (Å²) < 4.78 is 10.7. The maximum absolute atomic E-state index is 5.96. The molecule has 19 heavy (non-hydrogen) atoms. The van der Waals surface area contributed by atoms with E-state index in [0.717, 1.165) is 29.0 Å². The van der Waals surface area contributed by atoms with E-state index in [2.05, 4.69) is 9.97 Å². The third-order valence-corrected chi connectivity index (χ3v) is 3.17. The quantitative estimate of drug-likeness (QED) is 0.881. The van der Waals surface area contributed by atoms with Crippen LogP contribution < -0.4 is 15.2 Å². The number of hydrogen-bond acceptors (Lipinski definition) is 5. The lowest BCUT2D eigenvalue weighted by Crippen LogP contribution is -2.34. The zero-order valence-corrected chi connectivity index (χ0v) is 10.7. The van der Waals surface area contributed by atoms with Gasteiger partial charge in [-0.15, -0.1) is 0 Å². The highest BCUT2D eigenvalue weighted by Crippen LogP contribution is 2.33. The third-order valence-electron chi connectivity index (χ3n) is 3.17. The molecule has 2 aromatic rings. The number of nitrogens with two attached hydrogens (primary N) is 1. The minimum absolute atomic E-state index is 0.0276. The molecule has 0 fully saturated rings. The van der Waals surface area contributed by atoms with Crippen molar-refractivity contribution in [2.45, 2.75) is 12.5 Å². The van der Waals surface area contributed by atoms with Crippen molar-refractivity contribution < 1.29 is 9.47 Å². The molecule has 1 aliphatic rings. The van der Waals surface area contributed by atoms with Crippen molar-refractivity contribution >= 4 is 0 Å². The van der Waals surface area contributed by atoms with Crippen molar-refractivity contribution in [3.05, 3.63) is 36.2 Å². The summed E-state index contributed by atoms with van der Waals surface area (Å²) in [7, 11) is 1.57. The lowest BCUT2D eigenvalue weighted by Gasteiger charge is -2.24. The van der Waals surface area contributed by atoms with Crippen LogP contribution in [0.3, 0.4) is 0 Å². The van der Waals surface area contributed by atoms with Crippen molar-refractivity contribution in [3.63, 3.8) is 0 Å². The van der Waals surface area contributed by atoms with Crippen LogP contribution in [0.5, 0.6) is 11.6 Å². The van der Waals surface area contributed by atoms with E-state index < -0.39 is 0 Å². The Morgan fingerprint density at radius 3 is 2.95 bits per heavy atom. The van der Waals surface area contributed by atoms with Gasteiger partial charge in [0.2, 0.25) is 5.88 Å². The van der Waals surface area contributed by atoms with Gasteiger partial charge in [-0.25, -0.2) is 9.97 Å². The van der Waals surface area contributed by atoms with Gasteiger partial charge in [-0.1, -0.05) is 12.1 Å². The first kappa shape index (κ1) is 11.9. The van der Waals surface area contributed by atoms with E-state index in [0.29, 0.717) is 12.5 Å². The van der Waals surface area contributed by atoms with Crippen molar-refractivity contribution in [1.29, 1.82) is 0 Å². The summed E-state index contributed by atoms with van der Waals surface area (Å²) >= 11 is 0. The van der Waals surface area contributed by atoms with Crippen molar-refractivity contribution in [1.82, 2.24) is 9.97 Å². The summed E-state index contributed by atoms with van der Waals surface area (Å²) in [4.78, 5) is 8.55. The van der Waals surface area contributed by atoms with E-state index >= 15 is 0 Å². The maximum Gasteiger partial charge on any atom is 0.232 e. The van der Waals surface area contributed by atoms with Crippen LogP contribution in [-0.4, -0.2) is 29.7 Å². The molecule has 1 aliphatic heterocycles. The van der Waals surface area contributed by atoms with E-state index in [1.807, 2.05) is 18.2 Å². The van der Waals surface area contributed by atoms with Gasteiger partial charge in [0.1, 0.15) is 12.4 Å². The molecule has 1 aromatic carbocycles. The van der Waals surface area contributed by atoms with Crippen LogP contribution >= 0.6 is 0 Å². The highest BCUT2D eigenvalue weighted by molar-refractivity contribution is 5.67. The predicted molar refractivity (Wildman–Crippen MR) is 71.2 cm³/mol. The first-order valence-electron chi connectivity index (χ1n) is 6.14. The Morgan fingerprint density at radius 2 is 2.21 bits per heavy atom. The van der Waals surface area contributed by atoms with E-state index in [9.17, 15) is 0 Å². The lowest BCUT2D eigenvalue weighted by molar-refractivity contribution is 0.264. The molecule has 0 spiro atoms. The minimum Gasteiger partial charge on any atom is -0.492 e. The first-order chi connectivity index (χ1) is 9.28. The van der Waals surface area contributed by atoms with Crippen molar-refractivity contribution in [3.8, 4) is 22.9 Å². The fourth-order valence-electron chi connectivity index (χ4n) is 2.23. The standard InChI is InChI=1S/C14H15N3O2/c1-18-14-7-16-12(6-17-14)10-3-2-4-13-11(10)5-9(15)8-19-13/h2-4,6-7,9H,5,8,15H2,1H3. The molecule has 0 aliphatic carbocycles. The maximum atomic E-state index is 5.96. The van der Waals surface area contributed by atoms with Crippen molar-refractivity contribution in [2.24, 2.45) is 5.73 Å². The monoisotopic (exact) mass is 257 g/mol. The number of nitrogens with zero attached hydrogens (tertiary/aromatic N) is 2. The average molecular weight is 257 g/mol. The molecule has 1 atom stereocenters. The molecule has 2 N–H and O–H groups in total. The Labute approximate surface area is 111 Å². The normalized spacial score (nSPS) is 17.5. The Bertz CT molecular complexity index is 584. The molecule has 0 bridgehead atoms. The Balaban J connectivity index is 2.04. The second kappa shape index (κ2) is 4.85. The second-order valence-electron chi connectivity index (χ2n) is 4.50. The summed E-state index contributed by atoms with van der Waals surface area (Å²) in [6, 6.07) is 5.95. The minimum atomic E-state index is 0.0276. The highest BCUT2D eigenvalue weighted by Gasteiger charge is 2.20. The number of aromatic nitrogens is 2. The molecule has 0 saturated carbocycles. The van der Waals surface area contributed by atoms with Gasteiger partial charge in [-0.05, 0) is 12.5 Å². The van der Waals surface area contributed by atoms with Gasteiger partial charge in [0.15, 0.2) is 0 Å². The topological polar surface area (TPSA) is 70.3 Å². The van der Waals surface area contributed by atoms with Crippen LogP contribution in [0.1, 0.15) is 5.56 Å². The molecule has 98 valence electrons. The van der Waals surface area contributed by atoms with E-state index in [4.69, 9.17) is 15.2 Å². The lowest BCUT2D eigenvalue weighted by atomic mass is 9.96. The third kappa shape index (κ3) is 2.24. The van der Waals surface area contributed by atoms with Gasteiger partial charge in [-0.2, -0.15) is 0 Å². The van der Waals surface area contributed by atoms with E-state index in [-0.39, 0.29) is 6.04 Å². The molecule has 0 saturated heterocycles. The predicted octanol–water partition coefficient (Wildman–Crippen LogP) is 1.41. The number of fused-ring (bicyclic) bond motifs is 1. The number of methoxy groups -OCH3 is 1. The Kier molecular flexibility index (Phi) is 3.05. The van der Waals surface area contributed by atoms with Gasteiger partial charge < -0.3 is 15.2 Å². The molecule has 1 aromatic heterocycles. The summed E-state index contributed by atoms with van der Waals surface area (Å²) in [5.74, 6) is 1.39. The fraction of sp³-hybridized carbons (Fsp3) is 0.286. The summed E-state index contributed by atoms with van der Waals surface area (Å²) in [5.41, 5.74) is 8.88. The summed E-state index contributed by atoms with van der Waals surface area (Å²) in [5, 5.41) is 0. The van der Waals surface area contributed by atoms with E-state index in [1.54, 1.807) is 19.5 Å². The molecular weight excluding hydrogens is 242 g/mol. The molecule has 0 radical (unpaired) electrons. The summed E-state index contributed by atoms with van der Waals surface area (Å²) in [6.45, 7) is 0.560. The molecule has 5 nitrogen and oxygen atoms in total. The molecule has 1 unspecified atom stereocenters. The van der Waals surface area contributed by atoms with Crippen LogP contribution in [0, 0.1) is 0 Å². The number of ether oxygens (including phenoxy) is 2. The summed E-state index contributed by atoms with van der Waals surface area (Å²) in [6.07, 6.45) is 4.10. The Hall–Kier alpha value is -2.14. The highest BCUT2D eigenvalue weighted by atomic mass is 16.5. The Morgan fingerprint density at radius 1 is 1.32 bits per heavy atom. The largest absolute Gasteiger partial charge is 0.492 e. The number of rotatable bonds is 2. The fourth-order valence-corrected chi connectivity index (χ4v) is 2.23. The zero-order chi connectivity index (χ0) is 13.2. The van der Waals surface area contributed by atoms with Crippen molar-refractivity contribution in [2.75, 3.05) is 13.7 Å². The second-order valence-corrected chi connectivity index (χ2v) is 4.50. The van der Waals surface area contributed by atoms with Crippen LogP contribution in [0.4, 0.5) is 0 Å². The SMILES string of the molecule is COc1cnc(-c2cccc3c2CC(N)CO3)cn1. The molecule has 5 heteroatoms. The zero-order valence-electron chi connectivity index (χ0n) is 10.7. The number of benzene rings is 1. The van der Waals surface area contributed by atoms with Crippen LogP contribution in [0.2, 0.25) is 0 Å². The molecular formula is C14H15N3O2. The van der Waals surface area contributed by atoms with E-state index in [1.165, 1.54) is 0 Å². The number of hydrogen-bond donors (Lipinski definition) is 1. The average Bonchev–Trinajstić information content (AvgIpc) is 2.47. The molecule has 3 rings (SSSR count). The smallest absolute Gasteiger partial charge is 0.232 e. The van der Waals surface area contributed by atoms with Gasteiger partial charge in [-0.3, -0.25) is 0 Å². The van der Waals surface area contributed by atoms with Gasteiger partial charge in [0.05, 0.1) is 25.2 Å². The molecule has 0 amide bonds. The first-order valence-corrected chi connectivity index (χ1v) is 6.14. The molecule has 2 heterocycles. The van der Waals surface area contributed by atoms with Crippen LogP contribution in [0.15, 0.2) is 30.6 Å². The van der Waals surface area contributed by atoms with Gasteiger partial charge >= 0.3 is 0 Å². The van der Waals surface area contributed by atoms with Crippen LogP contribution in [-0.2, 0) is 6.42 Å².